The molecule has 12 heteroatoms. The number of carbonyl (C=O) groups excluding carboxylic acids is 1. The second kappa shape index (κ2) is 12.2. The number of anilines is 1. The molecule has 0 atom stereocenters. The van der Waals surface area contributed by atoms with Crippen LogP contribution < -0.4 is 9.96 Å². The molecule has 0 unspecified atom stereocenters. The Morgan fingerprint density at radius 1 is 1.34 bits per heavy atom. The van der Waals surface area contributed by atoms with Crippen molar-refractivity contribution in [3.8, 4) is 5.75 Å². The van der Waals surface area contributed by atoms with Crippen molar-refractivity contribution in [2.45, 2.75) is 45.2 Å². The summed E-state index contributed by atoms with van der Waals surface area (Å²) in [6.45, 7) is 5.65. The van der Waals surface area contributed by atoms with Crippen LogP contribution in [-0.4, -0.2) is 76.5 Å². The van der Waals surface area contributed by atoms with E-state index in [-0.39, 0.29) is 17.9 Å². The minimum absolute atomic E-state index is 0.0335. The predicted octanol–water partition coefficient (Wildman–Crippen LogP) is 3.52. The van der Waals surface area contributed by atoms with E-state index in [4.69, 9.17) is 9.94 Å². The van der Waals surface area contributed by atoms with Crippen LogP contribution in [0.4, 0.5) is 5.82 Å². The zero-order valence-corrected chi connectivity index (χ0v) is 22.2. The number of piperidine rings is 2. The summed E-state index contributed by atoms with van der Waals surface area (Å²) in [4.78, 5) is 22.5. The van der Waals surface area contributed by atoms with Gasteiger partial charge in [0.1, 0.15) is 11.9 Å². The molecule has 0 saturated carbocycles. The summed E-state index contributed by atoms with van der Waals surface area (Å²) in [6, 6.07) is 3.95. The van der Waals surface area contributed by atoms with Crippen molar-refractivity contribution < 1.29 is 19.8 Å². The van der Waals surface area contributed by atoms with Gasteiger partial charge in [0.05, 0.1) is 15.6 Å². The highest BCUT2D eigenvalue weighted by molar-refractivity contribution is 9.10. The number of likely N-dealkylation sites (tertiary alicyclic amines) is 2. The highest BCUT2D eigenvalue weighted by Crippen LogP contribution is 2.36. The van der Waals surface area contributed by atoms with Gasteiger partial charge in [0.25, 0.3) is 0 Å². The van der Waals surface area contributed by atoms with Gasteiger partial charge in [0.15, 0.2) is 5.75 Å². The summed E-state index contributed by atoms with van der Waals surface area (Å²) >= 11 is 4.95. The van der Waals surface area contributed by atoms with E-state index < -0.39 is 7.05 Å². The van der Waals surface area contributed by atoms with Crippen LogP contribution in [0.15, 0.2) is 33.3 Å². The number of aromatic nitrogens is 1. The van der Waals surface area contributed by atoms with Gasteiger partial charge in [-0.25, -0.2) is 4.98 Å². The van der Waals surface area contributed by atoms with Gasteiger partial charge >= 0.3 is 7.05 Å². The molecule has 2 aromatic rings. The molecule has 2 aromatic heterocycles. The van der Waals surface area contributed by atoms with Gasteiger partial charge in [0, 0.05) is 50.0 Å². The average Bonchev–Trinajstić information content (AvgIpc) is 3.18. The SMILES string of the molecule is CB(O)Nc1cc(CN2CCC(C(=O)N3CCC(Oc4c(Br)csc4/C=N/O)CC3)CC2)ccn1. The topological polar surface area (TPSA) is 111 Å². The monoisotopic (exact) mass is 563 g/mol. The van der Waals surface area contributed by atoms with Gasteiger partial charge in [-0.15, -0.1) is 11.3 Å². The second-order valence-electron chi connectivity index (χ2n) is 9.08. The van der Waals surface area contributed by atoms with E-state index in [1.54, 1.807) is 13.0 Å². The van der Waals surface area contributed by atoms with Crippen molar-refractivity contribution in [2.75, 3.05) is 31.4 Å². The summed E-state index contributed by atoms with van der Waals surface area (Å²) in [5.74, 6) is 1.71. The summed E-state index contributed by atoms with van der Waals surface area (Å²) < 4.78 is 7.03. The standard InChI is InChI=1S/C23H31BBrN5O4S/c1-24(32)28-21-12-16(2-7-26-21)14-29-8-3-17(4-9-29)23(31)30-10-5-18(6-11-30)34-22-19(25)15-35-20(22)13-27-33/h2,7,12-13,15,17-18,32-33H,3-6,8-11,14H2,1H3,(H,26,28)/b27-13+. The van der Waals surface area contributed by atoms with Crippen molar-refractivity contribution >= 4 is 52.3 Å². The van der Waals surface area contributed by atoms with Crippen molar-refractivity contribution in [1.82, 2.24) is 14.8 Å². The van der Waals surface area contributed by atoms with E-state index >= 15 is 0 Å². The fraction of sp³-hybridized carbons (Fsp3) is 0.522. The third kappa shape index (κ3) is 6.96. The minimum Gasteiger partial charge on any atom is -0.488 e. The number of ether oxygens (including phenoxy) is 1. The molecule has 4 rings (SSSR count). The second-order valence-corrected chi connectivity index (χ2v) is 10.8. The number of halogens is 1. The van der Waals surface area contributed by atoms with Crippen LogP contribution in [0.1, 0.15) is 36.1 Å². The lowest BCUT2D eigenvalue weighted by atomic mass is 9.89. The highest BCUT2D eigenvalue weighted by atomic mass is 79.9. The number of thiophene rings is 1. The molecule has 2 aliphatic heterocycles. The fourth-order valence-electron chi connectivity index (χ4n) is 4.68. The third-order valence-corrected chi connectivity index (χ3v) is 8.26. The van der Waals surface area contributed by atoms with Crippen molar-refractivity contribution in [3.63, 3.8) is 0 Å². The molecule has 2 aliphatic rings. The number of oxime groups is 1. The van der Waals surface area contributed by atoms with Gasteiger partial charge in [-0.1, -0.05) is 5.16 Å². The first-order valence-corrected chi connectivity index (χ1v) is 13.6. The lowest BCUT2D eigenvalue weighted by Crippen LogP contribution is -2.47. The number of nitrogens with zero attached hydrogens (tertiary/aromatic N) is 4. The molecule has 35 heavy (non-hydrogen) atoms. The van der Waals surface area contributed by atoms with Crippen LogP contribution >= 0.6 is 27.3 Å². The molecule has 188 valence electrons. The molecule has 0 spiro atoms. The Morgan fingerprint density at radius 3 is 2.77 bits per heavy atom. The van der Waals surface area contributed by atoms with E-state index in [1.165, 1.54) is 17.6 Å². The Morgan fingerprint density at radius 2 is 2.09 bits per heavy atom. The smallest absolute Gasteiger partial charge is 0.408 e. The summed E-state index contributed by atoms with van der Waals surface area (Å²) in [5, 5.41) is 26.3. The number of carbonyl (C=O) groups is 1. The Labute approximate surface area is 218 Å². The van der Waals surface area contributed by atoms with Gasteiger partial charge < -0.3 is 25.1 Å². The maximum Gasteiger partial charge on any atom is 0.408 e. The van der Waals surface area contributed by atoms with Gasteiger partial charge in [-0.2, -0.15) is 0 Å². The first kappa shape index (κ1) is 25.9. The molecule has 0 aromatic carbocycles. The lowest BCUT2D eigenvalue weighted by Gasteiger charge is -2.37. The van der Waals surface area contributed by atoms with Crippen LogP contribution in [0, 0.1) is 5.92 Å². The largest absolute Gasteiger partial charge is 0.488 e. The van der Waals surface area contributed by atoms with Crippen LogP contribution in [0.5, 0.6) is 5.75 Å². The van der Waals surface area contributed by atoms with Crippen LogP contribution in [0.3, 0.4) is 0 Å². The number of amides is 1. The van der Waals surface area contributed by atoms with Gasteiger partial charge in [-0.05, 0) is 66.4 Å². The first-order chi connectivity index (χ1) is 16.9. The van der Waals surface area contributed by atoms with Crippen LogP contribution in [0.25, 0.3) is 0 Å². The normalized spacial score (nSPS) is 18.2. The molecule has 2 saturated heterocycles. The Hall–Kier alpha value is -2.15. The summed E-state index contributed by atoms with van der Waals surface area (Å²) in [7, 11) is -0.646. The molecular formula is C23H31BBrN5O4S. The quantitative estimate of drug-likeness (QED) is 0.195. The zero-order chi connectivity index (χ0) is 24.8. The number of hydrogen-bond donors (Lipinski definition) is 3. The Balaban J connectivity index is 1.22. The average molecular weight is 564 g/mol. The predicted molar refractivity (Wildman–Crippen MR) is 141 cm³/mol. The van der Waals surface area contributed by atoms with Crippen molar-refractivity contribution in [3.05, 3.63) is 38.6 Å². The third-order valence-electron chi connectivity index (χ3n) is 6.47. The Kier molecular flexibility index (Phi) is 9.04. The fourth-order valence-corrected chi connectivity index (χ4v) is 6.11. The molecular weight excluding hydrogens is 533 g/mol. The Bertz CT molecular complexity index is 1020. The molecule has 0 aliphatic carbocycles. The maximum absolute atomic E-state index is 13.2. The van der Waals surface area contributed by atoms with Crippen molar-refractivity contribution in [2.24, 2.45) is 11.1 Å². The maximum atomic E-state index is 13.2. The van der Waals surface area contributed by atoms with Crippen molar-refractivity contribution in [1.29, 1.82) is 0 Å². The van der Waals surface area contributed by atoms with Crippen LogP contribution in [-0.2, 0) is 11.3 Å². The van der Waals surface area contributed by atoms with E-state index in [0.717, 1.165) is 60.2 Å². The first-order valence-electron chi connectivity index (χ1n) is 11.9. The highest BCUT2D eigenvalue weighted by Gasteiger charge is 2.32. The number of nitrogens with one attached hydrogen (secondary N) is 1. The number of pyridine rings is 1. The minimum atomic E-state index is -0.646. The van der Waals surface area contributed by atoms with E-state index in [1.807, 2.05) is 22.4 Å². The molecule has 0 radical (unpaired) electrons. The molecule has 2 fully saturated rings. The molecule has 9 nitrogen and oxygen atoms in total. The van der Waals surface area contributed by atoms with Crippen LogP contribution in [0.2, 0.25) is 6.82 Å². The molecule has 3 N–H and O–H groups in total. The molecule has 4 heterocycles. The van der Waals surface area contributed by atoms with E-state index in [0.29, 0.717) is 24.7 Å². The van der Waals surface area contributed by atoms with E-state index in [9.17, 15) is 9.82 Å². The molecule has 0 bridgehead atoms. The van der Waals surface area contributed by atoms with E-state index in [2.05, 4.69) is 36.2 Å². The summed E-state index contributed by atoms with van der Waals surface area (Å²) in [6.07, 6.45) is 6.47. The molecule has 1 amide bonds. The number of hydrogen-bond acceptors (Lipinski definition) is 9. The van der Waals surface area contributed by atoms with Gasteiger partial charge in [-0.3, -0.25) is 9.69 Å². The summed E-state index contributed by atoms with van der Waals surface area (Å²) in [5.41, 5.74) is 1.14. The van der Waals surface area contributed by atoms with Gasteiger partial charge in [0.2, 0.25) is 5.91 Å². The lowest BCUT2D eigenvalue weighted by molar-refractivity contribution is -0.139. The number of rotatable bonds is 8. The zero-order valence-electron chi connectivity index (χ0n) is 19.8.